The van der Waals surface area contributed by atoms with Gasteiger partial charge in [0.1, 0.15) is 6.26 Å². The highest BCUT2D eigenvalue weighted by Crippen LogP contribution is 2.47. The molecule has 2 aromatic rings. The number of benzene rings is 1. The van der Waals surface area contributed by atoms with Crippen LogP contribution in [0.2, 0.25) is 10.0 Å². The van der Waals surface area contributed by atoms with Crippen LogP contribution < -0.4 is 5.14 Å². The fourth-order valence-electron chi connectivity index (χ4n) is 3.79. The SMILES string of the molecule is NS(=O)(=O)c1cc(C(=O)N(CC2(c3ccc(Cl)c(Cl)c3)CCC2)C2CC2)co1. The molecule has 0 spiro atoms. The molecule has 1 heterocycles. The van der Waals surface area contributed by atoms with Gasteiger partial charge in [0, 0.05) is 24.1 Å². The lowest BCUT2D eigenvalue weighted by Crippen LogP contribution is -2.48. The van der Waals surface area contributed by atoms with Crippen molar-refractivity contribution >= 4 is 39.1 Å². The van der Waals surface area contributed by atoms with Crippen LogP contribution in [0.15, 0.2) is 40.0 Å². The molecule has 2 saturated carbocycles. The minimum absolute atomic E-state index is 0.153. The number of rotatable bonds is 6. The van der Waals surface area contributed by atoms with Gasteiger partial charge in [-0.15, -0.1) is 0 Å². The van der Waals surface area contributed by atoms with Crippen LogP contribution in [0.3, 0.4) is 0 Å². The molecule has 2 aliphatic carbocycles. The zero-order valence-corrected chi connectivity index (χ0v) is 17.4. The average Bonchev–Trinajstić information content (AvgIpc) is 3.30. The molecule has 1 amide bonds. The van der Waals surface area contributed by atoms with Gasteiger partial charge in [0.05, 0.1) is 15.6 Å². The normalized spacial score (nSPS) is 18.5. The summed E-state index contributed by atoms with van der Waals surface area (Å²) >= 11 is 12.3. The second-order valence-corrected chi connectivity index (χ2v) is 9.93. The van der Waals surface area contributed by atoms with E-state index in [0.29, 0.717) is 16.6 Å². The predicted molar refractivity (Wildman–Crippen MR) is 106 cm³/mol. The third kappa shape index (κ3) is 3.68. The van der Waals surface area contributed by atoms with E-state index in [4.69, 9.17) is 32.8 Å². The summed E-state index contributed by atoms with van der Waals surface area (Å²) in [5.74, 6) is -0.243. The average molecular weight is 443 g/mol. The Balaban J connectivity index is 1.62. The molecule has 2 aliphatic rings. The molecule has 28 heavy (non-hydrogen) atoms. The third-order valence-corrected chi connectivity index (χ3v) is 7.18. The summed E-state index contributed by atoms with van der Waals surface area (Å²) in [6.45, 7) is 0.546. The van der Waals surface area contributed by atoms with Gasteiger partial charge < -0.3 is 9.32 Å². The molecular weight excluding hydrogens is 423 g/mol. The smallest absolute Gasteiger partial charge is 0.271 e. The van der Waals surface area contributed by atoms with Crippen molar-refractivity contribution in [3.05, 3.63) is 51.7 Å². The van der Waals surface area contributed by atoms with E-state index in [9.17, 15) is 13.2 Å². The van der Waals surface area contributed by atoms with Gasteiger partial charge in [0.25, 0.3) is 15.9 Å². The first-order chi connectivity index (χ1) is 13.2. The molecule has 2 fully saturated rings. The molecule has 2 N–H and O–H groups in total. The Labute approximate surface area is 173 Å². The first kappa shape index (κ1) is 19.8. The molecule has 1 aromatic heterocycles. The van der Waals surface area contributed by atoms with Crippen LogP contribution in [0.5, 0.6) is 0 Å². The summed E-state index contributed by atoms with van der Waals surface area (Å²) in [5.41, 5.74) is 1.10. The first-order valence-electron chi connectivity index (χ1n) is 9.07. The summed E-state index contributed by atoms with van der Waals surface area (Å²) in [6.07, 6.45) is 6.01. The van der Waals surface area contributed by atoms with E-state index in [1.54, 1.807) is 6.07 Å². The Morgan fingerprint density at radius 3 is 2.43 bits per heavy atom. The third-order valence-electron chi connectivity index (χ3n) is 5.67. The van der Waals surface area contributed by atoms with Crippen molar-refractivity contribution in [2.75, 3.05) is 6.54 Å². The van der Waals surface area contributed by atoms with Gasteiger partial charge >= 0.3 is 0 Å². The number of sulfonamides is 1. The molecule has 0 unspecified atom stereocenters. The van der Waals surface area contributed by atoms with Crippen LogP contribution in [0, 0.1) is 0 Å². The van der Waals surface area contributed by atoms with Crippen molar-refractivity contribution in [3.8, 4) is 0 Å². The molecule has 0 radical (unpaired) electrons. The van der Waals surface area contributed by atoms with E-state index in [1.165, 1.54) is 6.07 Å². The van der Waals surface area contributed by atoms with Crippen LogP contribution in [0.1, 0.15) is 48.0 Å². The number of hydrogen-bond acceptors (Lipinski definition) is 4. The van der Waals surface area contributed by atoms with Crippen LogP contribution in [0.25, 0.3) is 0 Å². The van der Waals surface area contributed by atoms with Crippen molar-refractivity contribution < 1.29 is 17.6 Å². The standard InChI is InChI=1S/C19H20Cl2N2O4S/c20-15-5-2-13(9-16(15)21)19(6-1-7-19)11-23(14-3-4-14)18(24)12-8-17(27-10-12)28(22,25)26/h2,5,8-10,14H,1,3-4,6-7,11H2,(H2,22,25,26). The van der Waals surface area contributed by atoms with Crippen molar-refractivity contribution in [1.82, 2.24) is 4.90 Å². The summed E-state index contributed by atoms with van der Waals surface area (Å²) in [4.78, 5) is 15.0. The van der Waals surface area contributed by atoms with E-state index in [0.717, 1.165) is 43.9 Å². The van der Waals surface area contributed by atoms with Crippen LogP contribution >= 0.6 is 23.2 Å². The van der Waals surface area contributed by atoms with Gasteiger partial charge in [-0.25, -0.2) is 13.6 Å². The van der Waals surface area contributed by atoms with E-state index in [1.807, 2.05) is 17.0 Å². The molecule has 4 rings (SSSR count). The number of nitrogens with two attached hydrogens (primary N) is 1. The summed E-state index contributed by atoms with van der Waals surface area (Å²) < 4.78 is 27.9. The number of nitrogens with zero attached hydrogens (tertiary/aromatic N) is 1. The quantitative estimate of drug-likeness (QED) is 0.732. The maximum absolute atomic E-state index is 13.1. The second kappa shape index (κ2) is 7.06. The maximum atomic E-state index is 13.1. The van der Waals surface area contributed by atoms with E-state index < -0.39 is 15.1 Å². The molecular formula is C19H20Cl2N2O4S. The van der Waals surface area contributed by atoms with Gasteiger partial charge in [-0.2, -0.15) is 0 Å². The molecule has 0 atom stereocenters. The Morgan fingerprint density at radius 1 is 1.21 bits per heavy atom. The highest BCUT2D eigenvalue weighted by Gasteiger charge is 2.45. The monoisotopic (exact) mass is 442 g/mol. The van der Waals surface area contributed by atoms with Crippen LogP contribution in [-0.2, 0) is 15.4 Å². The number of halogens is 2. The Morgan fingerprint density at radius 2 is 1.93 bits per heavy atom. The number of primary sulfonamides is 1. The number of furan rings is 1. The molecule has 0 aliphatic heterocycles. The minimum Gasteiger partial charge on any atom is -0.451 e. The van der Waals surface area contributed by atoms with E-state index in [-0.39, 0.29) is 22.9 Å². The van der Waals surface area contributed by atoms with Gasteiger partial charge in [-0.05, 0) is 43.4 Å². The molecule has 150 valence electrons. The molecule has 0 saturated heterocycles. The lowest BCUT2D eigenvalue weighted by Gasteiger charge is -2.46. The fraction of sp³-hybridized carbons (Fsp3) is 0.421. The Hall–Kier alpha value is -1.54. The lowest BCUT2D eigenvalue weighted by atomic mass is 9.64. The lowest BCUT2D eigenvalue weighted by molar-refractivity contribution is 0.0633. The summed E-state index contributed by atoms with van der Waals surface area (Å²) in [7, 11) is -3.99. The van der Waals surface area contributed by atoms with Crippen molar-refractivity contribution in [2.45, 2.75) is 48.7 Å². The molecule has 6 nitrogen and oxygen atoms in total. The van der Waals surface area contributed by atoms with Crippen molar-refractivity contribution in [1.29, 1.82) is 0 Å². The molecule has 1 aromatic carbocycles. The van der Waals surface area contributed by atoms with E-state index in [2.05, 4.69) is 0 Å². The van der Waals surface area contributed by atoms with Crippen LogP contribution in [0.4, 0.5) is 0 Å². The van der Waals surface area contributed by atoms with Crippen LogP contribution in [-0.4, -0.2) is 31.8 Å². The second-order valence-electron chi connectivity index (χ2n) is 7.63. The fourth-order valence-corrected chi connectivity index (χ4v) is 4.56. The predicted octanol–water partition coefficient (Wildman–Crippen LogP) is 3.96. The highest BCUT2D eigenvalue weighted by atomic mass is 35.5. The van der Waals surface area contributed by atoms with Gasteiger partial charge in [-0.3, -0.25) is 4.79 Å². The van der Waals surface area contributed by atoms with Crippen molar-refractivity contribution in [2.24, 2.45) is 5.14 Å². The van der Waals surface area contributed by atoms with Gasteiger partial charge in [0.2, 0.25) is 5.09 Å². The number of hydrogen-bond donors (Lipinski definition) is 1. The molecule has 0 bridgehead atoms. The largest absolute Gasteiger partial charge is 0.451 e. The summed E-state index contributed by atoms with van der Waals surface area (Å²) in [5, 5.41) is 5.68. The number of amides is 1. The van der Waals surface area contributed by atoms with E-state index >= 15 is 0 Å². The zero-order chi connectivity index (χ0) is 20.1. The minimum atomic E-state index is -3.99. The van der Waals surface area contributed by atoms with Gasteiger partial charge in [0.15, 0.2) is 0 Å². The van der Waals surface area contributed by atoms with Gasteiger partial charge in [-0.1, -0.05) is 35.7 Å². The Bertz CT molecular complexity index is 1030. The Kier molecular flexibility index (Phi) is 4.98. The number of carbonyl (C=O) groups is 1. The highest BCUT2D eigenvalue weighted by molar-refractivity contribution is 7.89. The first-order valence-corrected chi connectivity index (χ1v) is 11.4. The maximum Gasteiger partial charge on any atom is 0.271 e. The molecule has 9 heteroatoms. The number of carbonyl (C=O) groups excluding carboxylic acids is 1. The zero-order valence-electron chi connectivity index (χ0n) is 15.0. The summed E-state index contributed by atoms with van der Waals surface area (Å²) in [6, 6.07) is 6.99. The van der Waals surface area contributed by atoms with Crippen molar-refractivity contribution in [3.63, 3.8) is 0 Å². The topological polar surface area (TPSA) is 93.6 Å².